The SMILES string of the molecule is CN(C)C(=O)Cc1ccc(S(=O)(=O)Cl)cc1. The quantitative estimate of drug-likeness (QED) is 0.770. The van der Waals surface area contributed by atoms with Crippen LogP contribution < -0.4 is 0 Å². The zero-order chi connectivity index (χ0) is 12.3. The Balaban J connectivity index is 2.84. The topological polar surface area (TPSA) is 54.5 Å². The third kappa shape index (κ3) is 3.50. The molecule has 4 nitrogen and oxygen atoms in total. The molecule has 1 amide bonds. The van der Waals surface area contributed by atoms with Gasteiger partial charge >= 0.3 is 0 Å². The summed E-state index contributed by atoms with van der Waals surface area (Å²) in [7, 11) is 4.81. The predicted molar refractivity (Wildman–Crippen MR) is 61.9 cm³/mol. The third-order valence-corrected chi connectivity index (χ3v) is 3.43. The second-order valence-corrected chi connectivity index (χ2v) is 6.11. The van der Waals surface area contributed by atoms with Crippen molar-refractivity contribution in [3.05, 3.63) is 29.8 Å². The molecule has 0 bridgehead atoms. The lowest BCUT2D eigenvalue weighted by Gasteiger charge is -2.09. The smallest absolute Gasteiger partial charge is 0.261 e. The molecule has 0 radical (unpaired) electrons. The van der Waals surface area contributed by atoms with Crippen molar-refractivity contribution in [3.8, 4) is 0 Å². The average molecular weight is 262 g/mol. The molecule has 0 atom stereocenters. The summed E-state index contributed by atoms with van der Waals surface area (Å²) in [6, 6.07) is 5.94. The molecule has 0 aliphatic carbocycles. The second-order valence-electron chi connectivity index (χ2n) is 3.55. The van der Waals surface area contributed by atoms with Gasteiger partial charge in [-0.2, -0.15) is 0 Å². The number of carbonyl (C=O) groups is 1. The molecule has 1 aromatic rings. The molecule has 0 heterocycles. The number of carbonyl (C=O) groups excluding carboxylic acids is 1. The zero-order valence-electron chi connectivity index (χ0n) is 8.97. The van der Waals surface area contributed by atoms with Gasteiger partial charge in [0.1, 0.15) is 0 Å². The van der Waals surface area contributed by atoms with Gasteiger partial charge in [0.15, 0.2) is 0 Å². The Morgan fingerprint density at radius 2 is 1.75 bits per heavy atom. The monoisotopic (exact) mass is 261 g/mol. The van der Waals surface area contributed by atoms with Crippen LogP contribution in [0.4, 0.5) is 0 Å². The van der Waals surface area contributed by atoms with Gasteiger partial charge < -0.3 is 4.90 Å². The molecule has 0 saturated carbocycles. The summed E-state index contributed by atoms with van der Waals surface area (Å²) in [6.07, 6.45) is 0.246. The van der Waals surface area contributed by atoms with Crippen molar-refractivity contribution in [3.63, 3.8) is 0 Å². The van der Waals surface area contributed by atoms with E-state index in [1.54, 1.807) is 26.2 Å². The number of halogens is 1. The summed E-state index contributed by atoms with van der Waals surface area (Å²) in [5.41, 5.74) is 0.753. The highest BCUT2D eigenvalue weighted by atomic mass is 35.7. The first-order valence-corrected chi connectivity index (χ1v) is 6.85. The van der Waals surface area contributed by atoms with Crippen molar-refractivity contribution in [1.82, 2.24) is 4.90 Å². The molecular weight excluding hydrogens is 250 g/mol. The van der Waals surface area contributed by atoms with E-state index in [-0.39, 0.29) is 17.2 Å². The van der Waals surface area contributed by atoms with Gasteiger partial charge in [-0.25, -0.2) is 8.42 Å². The van der Waals surface area contributed by atoms with Gasteiger partial charge in [-0.1, -0.05) is 12.1 Å². The Kier molecular flexibility index (Phi) is 3.93. The van der Waals surface area contributed by atoms with Crippen molar-refractivity contribution in [1.29, 1.82) is 0 Å². The van der Waals surface area contributed by atoms with Crippen LogP contribution in [-0.4, -0.2) is 33.3 Å². The zero-order valence-corrected chi connectivity index (χ0v) is 10.5. The molecule has 1 rings (SSSR count). The molecule has 0 aromatic heterocycles. The van der Waals surface area contributed by atoms with Crippen LogP contribution in [0.1, 0.15) is 5.56 Å². The van der Waals surface area contributed by atoms with Gasteiger partial charge in [-0.15, -0.1) is 0 Å². The minimum atomic E-state index is -3.69. The summed E-state index contributed by atoms with van der Waals surface area (Å²) in [6.45, 7) is 0. The number of hydrogen-bond donors (Lipinski definition) is 0. The number of benzene rings is 1. The van der Waals surface area contributed by atoms with Crippen LogP contribution in [0.2, 0.25) is 0 Å². The van der Waals surface area contributed by atoms with Crippen molar-refractivity contribution >= 4 is 25.6 Å². The van der Waals surface area contributed by atoms with Crippen LogP contribution in [0.3, 0.4) is 0 Å². The highest BCUT2D eigenvalue weighted by Crippen LogP contribution is 2.15. The molecule has 0 saturated heterocycles. The fourth-order valence-corrected chi connectivity index (χ4v) is 1.87. The molecule has 6 heteroatoms. The molecule has 0 aliphatic rings. The first-order chi connectivity index (χ1) is 7.30. The van der Waals surface area contributed by atoms with Crippen molar-refractivity contribution < 1.29 is 13.2 Å². The number of hydrogen-bond acceptors (Lipinski definition) is 3. The average Bonchev–Trinajstić information content (AvgIpc) is 2.17. The van der Waals surface area contributed by atoms with E-state index >= 15 is 0 Å². The minimum Gasteiger partial charge on any atom is -0.349 e. The Bertz CT molecular complexity index is 479. The highest BCUT2D eigenvalue weighted by molar-refractivity contribution is 8.13. The maximum Gasteiger partial charge on any atom is 0.261 e. The molecule has 16 heavy (non-hydrogen) atoms. The Morgan fingerprint density at radius 3 is 2.12 bits per heavy atom. The standard InChI is InChI=1S/C10H12ClNO3S/c1-12(2)10(13)7-8-3-5-9(6-4-8)16(11,14)15/h3-6H,7H2,1-2H3. The lowest BCUT2D eigenvalue weighted by molar-refractivity contribution is -0.127. The van der Waals surface area contributed by atoms with Crippen LogP contribution in [0.5, 0.6) is 0 Å². The fourth-order valence-electron chi connectivity index (χ4n) is 1.10. The maximum absolute atomic E-state index is 11.4. The second kappa shape index (κ2) is 4.84. The molecular formula is C10H12ClNO3S. The lowest BCUT2D eigenvalue weighted by atomic mass is 10.1. The summed E-state index contributed by atoms with van der Waals surface area (Å²) >= 11 is 0. The van der Waals surface area contributed by atoms with Crippen LogP contribution >= 0.6 is 10.7 Å². The first kappa shape index (κ1) is 13.0. The number of rotatable bonds is 3. The Morgan fingerprint density at radius 1 is 1.25 bits per heavy atom. The van der Waals surface area contributed by atoms with Gasteiger partial charge in [0.25, 0.3) is 9.05 Å². The van der Waals surface area contributed by atoms with E-state index in [0.717, 1.165) is 5.56 Å². The van der Waals surface area contributed by atoms with E-state index in [9.17, 15) is 13.2 Å². The van der Waals surface area contributed by atoms with Crippen LogP contribution in [0.15, 0.2) is 29.2 Å². The van der Waals surface area contributed by atoms with Crippen LogP contribution in [0, 0.1) is 0 Å². The molecule has 88 valence electrons. The summed E-state index contributed by atoms with van der Waals surface area (Å²) in [5.74, 6) is -0.0403. The Labute approximate surface area is 99.2 Å². The van der Waals surface area contributed by atoms with Crippen molar-refractivity contribution in [2.24, 2.45) is 0 Å². The van der Waals surface area contributed by atoms with Gasteiger partial charge in [0.2, 0.25) is 5.91 Å². The first-order valence-electron chi connectivity index (χ1n) is 4.54. The van der Waals surface area contributed by atoms with E-state index in [1.165, 1.54) is 17.0 Å². The summed E-state index contributed by atoms with van der Waals surface area (Å²) in [5, 5.41) is 0. The Hall–Kier alpha value is -1.07. The van der Waals surface area contributed by atoms with E-state index in [4.69, 9.17) is 10.7 Å². The van der Waals surface area contributed by atoms with Crippen molar-refractivity contribution in [2.45, 2.75) is 11.3 Å². The molecule has 0 aliphatic heterocycles. The summed E-state index contributed by atoms with van der Waals surface area (Å²) < 4.78 is 21.9. The number of likely N-dealkylation sites (N-methyl/N-ethyl adjacent to an activating group) is 1. The van der Waals surface area contributed by atoms with E-state index in [0.29, 0.717) is 0 Å². The predicted octanol–water partition coefficient (Wildman–Crippen LogP) is 1.24. The van der Waals surface area contributed by atoms with E-state index in [1.807, 2.05) is 0 Å². The summed E-state index contributed by atoms with van der Waals surface area (Å²) in [4.78, 5) is 12.9. The molecule has 0 N–H and O–H groups in total. The largest absolute Gasteiger partial charge is 0.349 e. The number of nitrogens with zero attached hydrogens (tertiary/aromatic N) is 1. The molecule has 0 unspecified atom stereocenters. The van der Waals surface area contributed by atoms with Crippen LogP contribution in [0.25, 0.3) is 0 Å². The van der Waals surface area contributed by atoms with E-state index < -0.39 is 9.05 Å². The van der Waals surface area contributed by atoms with Gasteiger partial charge in [0, 0.05) is 24.8 Å². The fraction of sp³-hybridized carbons (Fsp3) is 0.300. The normalized spacial score (nSPS) is 11.2. The van der Waals surface area contributed by atoms with Crippen LogP contribution in [-0.2, 0) is 20.3 Å². The van der Waals surface area contributed by atoms with Gasteiger partial charge in [-0.3, -0.25) is 4.79 Å². The molecule has 0 spiro atoms. The maximum atomic E-state index is 11.4. The number of amides is 1. The highest BCUT2D eigenvalue weighted by Gasteiger charge is 2.10. The van der Waals surface area contributed by atoms with Crippen molar-refractivity contribution in [2.75, 3.05) is 14.1 Å². The third-order valence-electron chi connectivity index (χ3n) is 2.06. The molecule has 1 aromatic carbocycles. The van der Waals surface area contributed by atoms with Gasteiger partial charge in [-0.05, 0) is 17.7 Å². The van der Waals surface area contributed by atoms with Gasteiger partial charge in [0.05, 0.1) is 11.3 Å². The van der Waals surface area contributed by atoms with E-state index in [2.05, 4.69) is 0 Å². The minimum absolute atomic E-state index is 0.0372. The lowest BCUT2D eigenvalue weighted by Crippen LogP contribution is -2.23. The molecule has 0 fully saturated rings.